The number of rotatable bonds is 11. The zero-order chi connectivity index (χ0) is 27.6. The summed E-state index contributed by atoms with van der Waals surface area (Å²) >= 11 is 0. The number of hydrogen-bond donors (Lipinski definition) is 0. The quantitative estimate of drug-likeness (QED) is 0.269. The minimum absolute atomic E-state index is 0.0526. The van der Waals surface area contributed by atoms with Crippen LogP contribution in [0, 0.1) is 0 Å². The summed E-state index contributed by atoms with van der Waals surface area (Å²) in [6.07, 6.45) is 1.83. The number of para-hydroxylation sites is 1. The van der Waals surface area contributed by atoms with E-state index in [0.717, 1.165) is 13.1 Å². The second-order valence-electron chi connectivity index (χ2n) is 9.89. The van der Waals surface area contributed by atoms with E-state index in [1.165, 1.54) is 11.1 Å². The number of piperazine rings is 1. The van der Waals surface area contributed by atoms with Crippen LogP contribution < -0.4 is 4.74 Å². The van der Waals surface area contributed by atoms with Crippen LogP contribution in [0.3, 0.4) is 0 Å². The van der Waals surface area contributed by atoms with Gasteiger partial charge in [0.1, 0.15) is 11.5 Å². The van der Waals surface area contributed by atoms with Gasteiger partial charge in [0.2, 0.25) is 5.91 Å². The average molecular weight is 538 g/mol. The lowest BCUT2D eigenvalue weighted by Crippen LogP contribution is -2.50. The van der Waals surface area contributed by atoms with Gasteiger partial charge in [-0.25, -0.2) is 0 Å². The minimum Gasteiger partial charge on any atom is -0.484 e. The third-order valence-corrected chi connectivity index (χ3v) is 7.24. The Morgan fingerprint density at radius 2 is 1.38 bits per heavy atom. The fourth-order valence-corrected chi connectivity index (χ4v) is 5.14. The van der Waals surface area contributed by atoms with Gasteiger partial charge in [-0.1, -0.05) is 78.9 Å². The van der Waals surface area contributed by atoms with Crippen LogP contribution in [-0.4, -0.2) is 65.8 Å². The molecular weight excluding hydrogens is 502 g/mol. The Hall–Kier alpha value is -4.36. The fourth-order valence-electron chi connectivity index (χ4n) is 5.14. The molecule has 0 saturated carbocycles. The Morgan fingerprint density at radius 3 is 1.95 bits per heavy atom. The van der Waals surface area contributed by atoms with Gasteiger partial charge in [0.15, 0.2) is 6.61 Å². The summed E-state index contributed by atoms with van der Waals surface area (Å²) in [5.74, 6) is 1.16. The molecule has 1 aromatic heterocycles. The molecule has 0 radical (unpaired) electrons. The molecule has 0 N–H and O–H groups in total. The average Bonchev–Trinajstić information content (AvgIpc) is 3.53. The van der Waals surface area contributed by atoms with E-state index in [4.69, 9.17) is 9.15 Å². The Balaban J connectivity index is 1.17. The first-order chi connectivity index (χ1) is 19.7. The highest BCUT2D eigenvalue weighted by Gasteiger charge is 2.28. The summed E-state index contributed by atoms with van der Waals surface area (Å²) in [5.41, 5.74) is 2.50. The number of carbonyl (C=O) groups excluding carboxylic acids is 2. The number of hydrogen-bond acceptors (Lipinski definition) is 5. The van der Waals surface area contributed by atoms with Crippen molar-refractivity contribution < 1.29 is 18.7 Å². The van der Waals surface area contributed by atoms with E-state index in [1.807, 2.05) is 53.4 Å². The molecule has 7 heteroatoms. The maximum absolute atomic E-state index is 13.2. The molecule has 40 heavy (non-hydrogen) atoms. The zero-order valence-corrected chi connectivity index (χ0v) is 22.6. The molecular formula is C33H35N3O4. The van der Waals surface area contributed by atoms with Crippen LogP contribution in [0.25, 0.3) is 0 Å². The number of nitrogens with zero attached hydrogens (tertiary/aromatic N) is 3. The molecule has 4 aromatic rings. The van der Waals surface area contributed by atoms with Crippen molar-refractivity contribution >= 4 is 11.8 Å². The van der Waals surface area contributed by atoms with Crippen LogP contribution in [-0.2, 0) is 16.1 Å². The second-order valence-corrected chi connectivity index (χ2v) is 9.89. The van der Waals surface area contributed by atoms with Crippen molar-refractivity contribution in [2.75, 3.05) is 39.3 Å². The van der Waals surface area contributed by atoms with Gasteiger partial charge >= 0.3 is 0 Å². The van der Waals surface area contributed by atoms with E-state index < -0.39 is 0 Å². The lowest BCUT2D eigenvalue weighted by atomic mass is 9.96. The molecule has 1 saturated heterocycles. The smallest absolute Gasteiger partial charge is 0.260 e. The van der Waals surface area contributed by atoms with Crippen molar-refractivity contribution in [1.82, 2.24) is 14.7 Å². The van der Waals surface area contributed by atoms with Gasteiger partial charge in [-0.05, 0) is 35.4 Å². The van der Waals surface area contributed by atoms with Gasteiger partial charge in [0, 0.05) is 39.1 Å². The molecule has 0 unspecified atom stereocenters. The third-order valence-electron chi connectivity index (χ3n) is 7.24. The summed E-state index contributed by atoms with van der Waals surface area (Å²) in [6, 6.07) is 34.1. The van der Waals surface area contributed by atoms with E-state index in [9.17, 15) is 9.59 Å². The van der Waals surface area contributed by atoms with E-state index in [-0.39, 0.29) is 30.9 Å². The van der Waals surface area contributed by atoms with Crippen LogP contribution in [0.5, 0.6) is 5.75 Å². The number of benzene rings is 3. The van der Waals surface area contributed by atoms with Crippen molar-refractivity contribution in [2.24, 2.45) is 0 Å². The molecule has 0 aliphatic carbocycles. The molecule has 1 aliphatic heterocycles. The fraction of sp³-hybridized carbons (Fsp3) is 0.273. The monoisotopic (exact) mass is 537 g/mol. The minimum atomic E-state index is -0.188. The molecule has 1 aliphatic rings. The van der Waals surface area contributed by atoms with Gasteiger partial charge < -0.3 is 19.0 Å². The standard InChI is InChI=1S/C33H35N3O4/c37-31(18-19-36(25-30-17-10-24-39-30)32(38)26-40-29-15-8-3-9-16-29)34-20-22-35(23-21-34)33(27-11-4-1-5-12-27)28-13-6-2-7-14-28/h1-17,24,33H,18-23,25-26H2. The lowest BCUT2D eigenvalue weighted by molar-refractivity contribution is -0.137. The number of furan rings is 1. The Morgan fingerprint density at radius 1 is 0.775 bits per heavy atom. The maximum Gasteiger partial charge on any atom is 0.260 e. The molecule has 0 atom stereocenters. The van der Waals surface area contributed by atoms with Crippen molar-refractivity contribution in [3.63, 3.8) is 0 Å². The predicted molar refractivity (Wildman–Crippen MR) is 154 cm³/mol. The van der Waals surface area contributed by atoms with Crippen LogP contribution in [0.15, 0.2) is 114 Å². The van der Waals surface area contributed by atoms with Gasteiger partial charge in [-0.15, -0.1) is 0 Å². The topological polar surface area (TPSA) is 66.2 Å². The normalized spacial score (nSPS) is 13.8. The predicted octanol–water partition coefficient (Wildman–Crippen LogP) is 5.01. The summed E-state index contributed by atoms with van der Waals surface area (Å²) in [7, 11) is 0. The van der Waals surface area contributed by atoms with Gasteiger partial charge in [-0.3, -0.25) is 14.5 Å². The Kier molecular flexibility index (Phi) is 9.27. The molecule has 0 spiro atoms. The van der Waals surface area contributed by atoms with Crippen LogP contribution in [0.1, 0.15) is 29.3 Å². The highest BCUT2D eigenvalue weighted by molar-refractivity contribution is 5.80. The maximum atomic E-state index is 13.2. The van der Waals surface area contributed by atoms with Crippen LogP contribution in [0.2, 0.25) is 0 Å². The molecule has 1 fully saturated rings. The highest BCUT2D eigenvalue weighted by Crippen LogP contribution is 2.29. The first-order valence-corrected chi connectivity index (χ1v) is 13.8. The van der Waals surface area contributed by atoms with Crippen LogP contribution >= 0.6 is 0 Å². The van der Waals surface area contributed by atoms with E-state index in [2.05, 4.69) is 53.4 Å². The van der Waals surface area contributed by atoms with E-state index >= 15 is 0 Å². The summed E-state index contributed by atoms with van der Waals surface area (Å²) in [4.78, 5) is 32.3. The molecule has 3 aromatic carbocycles. The van der Waals surface area contributed by atoms with E-state index in [1.54, 1.807) is 17.2 Å². The molecule has 5 rings (SSSR count). The van der Waals surface area contributed by atoms with Gasteiger partial charge in [0.05, 0.1) is 18.8 Å². The molecule has 2 heterocycles. The third kappa shape index (κ3) is 7.18. The summed E-state index contributed by atoms with van der Waals surface area (Å²) < 4.78 is 11.1. The van der Waals surface area contributed by atoms with Gasteiger partial charge in [0.25, 0.3) is 5.91 Å². The lowest BCUT2D eigenvalue weighted by Gasteiger charge is -2.40. The van der Waals surface area contributed by atoms with E-state index in [0.29, 0.717) is 37.7 Å². The van der Waals surface area contributed by atoms with Crippen molar-refractivity contribution in [3.8, 4) is 5.75 Å². The summed E-state index contributed by atoms with van der Waals surface area (Å²) in [6.45, 7) is 3.35. The molecule has 2 amide bonds. The van der Waals surface area contributed by atoms with Crippen molar-refractivity contribution in [1.29, 1.82) is 0 Å². The van der Waals surface area contributed by atoms with Crippen molar-refractivity contribution in [2.45, 2.75) is 19.0 Å². The number of carbonyl (C=O) groups is 2. The first kappa shape index (κ1) is 27.2. The summed E-state index contributed by atoms with van der Waals surface area (Å²) in [5, 5.41) is 0. The Labute approximate surface area is 235 Å². The van der Waals surface area contributed by atoms with Gasteiger partial charge in [-0.2, -0.15) is 0 Å². The molecule has 7 nitrogen and oxygen atoms in total. The van der Waals surface area contributed by atoms with Crippen LogP contribution in [0.4, 0.5) is 0 Å². The molecule has 206 valence electrons. The Bertz CT molecular complexity index is 1280. The second kappa shape index (κ2) is 13.6. The largest absolute Gasteiger partial charge is 0.484 e. The SMILES string of the molecule is O=C(CCN(Cc1ccco1)C(=O)COc1ccccc1)N1CCN(C(c2ccccc2)c2ccccc2)CC1. The number of ether oxygens (including phenoxy) is 1. The first-order valence-electron chi connectivity index (χ1n) is 13.8. The molecule has 0 bridgehead atoms. The zero-order valence-electron chi connectivity index (χ0n) is 22.6. The van der Waals surface area contributed by atoms with Crippen molar-refractivity contribution in [3.05, 3.63) is 126 Å². The number of amides is 2. The highest BCUT2D eigenvalue weighted by atomic mass is 16.5.